The fraction of sp³-hybridized carbons (Fsp3) is 0.176. The van der Waals surface area contributed by atoms with Crippen LogP contribution < -0.4 is 10.1 Å². The summed E-state index contributed by atoms with van der Waals surface area (Å²) in [6.45, 7) is 2.01. The molecule has 0 atom stereocenters. The second kappa shape index (κ2) is 7.44. The summed E-state index contributed by atoms with van der Waals surface area (Å²) in [6, 6.07) is 5.95. The lowest BCUT2D eigenvalue weighted by Crippen LogP contribution is -2.17. The number of nitrogens with one attached hydrogen (secondary N) is 1. The number of carbonyl (C=O) groups excluding carboxylic acids is 1. The Kier molecular flexibility index (Phi) is 5.06. The maximum Gasteiger partial charge on any atom is 0.416 e. The number of carbonyl (C=O) groups is 1. The predicted octanol–water partition coefficient (Wildman–Crippen LogP) is 3.33. The molecule has 3 aromatic rings. The summed E-state index contributed by atoms with van der Waals surface area (Å²) >= 11 is 0. The minimum Gasteiger partial charge on any atom is -0.477 e. The molecule has 2 heterocycles. The topological polar surface area (TPSA) is 81.9 Å². The fourth-order valence-corrected chi connectivity index (χ4v) is 2.35. The molecule has 1 amide bonds. The van der Waals surface area contributed by atoms with Crippen molar-refractivity contribution >= 4 is 11.6 Å². The average molecular weight is 377 g/mol. The second-order valence-electron chi connectivity index (χ2n) is 5.31. The summed E-state index contributed by atoms with van der Waals surface area (Å²) in [5.74, 6) is -0.570. The Labute approximate surface area is 151 Å². The monoisotopic (exact) mass is 377 g/mol. The van der Waals surface area contributed by atoms with Gasteiger partial charge in [0, 0.05) is 6.20 Å². The zero-order valence-corrected chi connectivity index (χ0v) is 14.1. The Morgan fingerprint density at radius 3 is 2.78 bits per heavy atom. The van der Waals surface area contributed by atoms with Gasteiger partial charge < -0.3 is 10.1 Å². The molecule has 3 rings (SSSR count). The molecule has 0 radical (unpaired) electrons. The number of benzene rings is 1. The predicted molar refractivity (Wildman–Crippen MR) is 89.7 cm³/mol. The first-order valence-electron chi connectivity index (χ1n) is 7.85. The van der Waals surface area contributed by atoms with Crippen LogP contribution in [0.25, 0.3) is 5.69 Å². The first-order chi connectivity index (χ1) is 12.9. The second-order valence-corrected chi connectivity index (χ2v) is 5.31. The summed E-state index contributed by atoms with van der Waals surface area (Å²) in [5, 5.41) is 6.38. The number of halogens is 3. The highest BCUT2D eigenvalue weighted by atomic mass is 19.4. The molecule has 0 saturated carbocycles. The van der Waals surface area contributed by atoms with E-state index in [1.165, 1.54) is 41.7 Å². The number of rotatable bonds is 5. The van der Waals surface area contributed by atoms with Crippen molar-refractivity contribution in [1.82, 2.24) is 19.7 Å². The summed E-state index contributed by atoms with van der Waals surface area (Å²) in [7, 11) is 0. The molecule has 0 bridgehead atoms. The number of hydrogen-bond acceptors (Lipinski definition) is 5. The molecule has 0 aliphatic carbocycles. The van der Waals surface area contributed by atoms with Gasteiger partial charge in [0.2, 0.25) is 5.88 Å². The van der Waals surface area contributed by atoms with Crippen molar-refractivity contribution < 1.29 is 22.7 Å². The molecule has 0 aliphatic heterocycles. The number of alkyl halides is 3. The number of anilines is 1. The Hall–Kier alpha value is -3.43. The van der Waals surface area contributed by atoms with Crippen LogP contribution in [0, 0.1) is 0 Å². The zero-order valence-electron chi connectivity index (χ0n) is 14.1. The molecule has 0 fully saturated rings. The van der Waals surface area contributed by atoms with E-state index in [2.05, 4.69) is 20.4 Å². The number of amides is 1. The maximum atomic E-state index is 13.1. The summed E-state index contributed by atoms with van der Waals surface area (Å²) in [6.07, 6.45) is -0.566. The third kappa shape index (κ3) is 4.05. The van der Waals surface area contributed by atoms with Crippen LogP contribution in [0.15, 0.2) is 49.2 Å². The molecular formula is C17H14F3N5O2. The van der Waals surface area contributed by atoms with Crippen molar-refractivity contribution in [2.45, 2.75) is 13.1 Å². The first-order valence-corrected chi connectivity index (χ1v) is 7.85. The van der Waals surface area contributed by atoms with Gasteiger partial charge in [-0.3, -0.25) is 4.79 Å². The quantitative estimate of drug-likeness (QED) is 0.738. The van der Waals surface area contributed by atoms with Crippen LogP contribution >= 0.6 is 0 Å². The van der Waals surface area contributed by atoms with Gasteiger partial charge in [-0.25, -0.2) is 14.6 Å². The third-order valence-electron chi connectivity index (χ3n) is 3.53. The van der Waals surface area contributed by atoms with E-state index in [1.807, 2.05) is 0 Å². The van der Waals surface area contributed by atoms with Gasteiger partial charge in [-0.15, -0.1) is 0 Å². The molecule has 140 valence electrons. The van der Waals surface area contributed by atoms with Gasteiger partial charge in [-0.2, -0.15) is 18.3 Å². The molecule has 0 aliphatic rings. The van der Waals surface area contributed by atoms with E-state index in [1.54, 1.807) is 6.92 Å². The molecule has 2 aromatic heterocycles. The molecule has 0 unspecified atom stereocenters. The molecule has 1 aromatic carbocycles. The highest BCUT2D eigenvalue weighted by Gasteiger charge is 2.31. The lowest BCUT2D eigenvalue weighted by Gasteiger charge is -2.15. The van der Waals surface area contributed by atoms with E-state index >= 15 is 0 Å². The van der Waals surface area contributed by atoms with Crippen LogP contribution in [-0.4, -0.2) is 32.3 Å². The molecule has 7 nitrogen and oxygen atoms in total. The van der Waals surface area contributed by atoms with Crippen LogP contribution in [-0.2, 0) is 6.18 Å². The molecule has 1 N–H and O–H groups in total. The van der Waals surface area contributed by atoms with Crippen LogP contribution in [0.2, 0.25) is 0 Å². The van der Waals surface area contributed by atoms with Gasteiger partial charge in [-0.1, -0.05) is 0 Å². The van der Waals surface area contributed by atoms with E-state index in [-0.39, 0.29) is 29.4 Å². The van der Waals surface area contributed by atoms with Crippen molar-refractivity contribution in [2.24, 2.45) is 0 Å². The standard InChI is InChI=1S/C17H14F3N5O2/c1-2-27-16-12(4-3-7-22-16)15(26)24-13-8-11(17(18,19)20)5-6-14(13)25-10-21-9-23-25/h3-10H,2H2,1H3,(H,24,26). The highest BCUT2D eigenvalue weighted by Crippen LogP contribution is 2.33. The minimum absolute atomic E-state index is 0.0772. The van der Waals surface area contributed by atoms with Crippen molar-refractivity contribution in [3.8, 4) is 11.6 Å². The Morgan fingerprint density at radius 1 is 1.30 bits per heavy atom. The van der Waals surface area contributed by atoms with Crippen molar-refractivity contribution in [1.29, 1.82) is 0 Å². The number of pyridine rings is 1. The van der Waals surface area contributed by atoms with E-state index in [9.17, 15) is 18.0 Å². The SMILES string of the molecule is CCOc1ncccc1C(=O)Nc1cc(C(F)(F)F)ccc1-n1cncn1. The van der Waals surface area contributed by atoms with E-state index < -0.39 is 17.6 Å². The van der Waals surface area contributed by atoms with Gasteiger partial charge in [-0.05, 0) is 37.3 Å². The number of hydrogen-bond donors (Lipinski definition) is 1. The summed E-state index contributed by atoms with van der Waals surface area (Å²) in [4.78, 5) is 20.4. The molecule has 27 heavy (non-hydrogen) atoms. The molecule has 10 heteroatoms. The van der Waals surface area contributed by atoms with Crippen molar-refractivity contribution in [3.05, 3.63) is 60.3 Å². The van der Waals surface area contributed by atoms with Crippen LogP contribution in [0.1, 0.15) is 22.8 Å². The van der Waals surface area contributed by atoms with E-state index in [4.69, 9.17) is 4.74 Å². The maximum absolute atomic E-state index is 13.1. The number of aromatic nitrogens is 4. The van der Waals surface area contributed by atoms with Gasteiger partial charge in [0.15, 0.2) is 0 Å². The zero-order chi connectivity index (χ0) is 19.4. The minimum atomic E-state index is -4.56. The smallest absolute Gasteiger partial charge is 0.416 e. The number of ether oxygens (including phenoxy) is 1. The molecule has 0 saturated heterocycles. The van der Waals surface area contributed by atoms with Crippen molar-refractivity contribution in [2.75, 3.05) is 11.9 Å². The van der Waals surface area contributed by atoms with Crippen LogP contribution in [0.5, 0.6) is 5.88 Å². The van der Waals surface area contributed by atoms with Crippen molar-refractivity contribution in [3.63, 3.8) is 0 Å². The third-order valence-corrected chi connectivity index (χ3v) is 3.53. The van der Waals surface area contributed by atoms with Gasteiger partial charge in [0.05, 0.1) is 23.5 Å². The summed E-state index contributed by atoms with van der Waals surface area (Å²) < 4.78 is 45.8. The average Bonchev–Trinajstić information content (AvgIpc) is 3.16. The lowest BCUT2D eigenvalue weighted by atomic mass is 10.1. The normalized spacial score (nSPS) is 11.3. The van der Waals surface area contributed by atoms with Gasteiger partial charge in [0.25, 0.3) is 5.91 Å². The lowest BCUT2D eigenvalue weighted by molar-refractivity contribution is -0.137. The van der Waals surface area contributed by atoms with Gasteiger partial charge in [0.1, 0.15) is 18.2 Å². The highest BCUT2D eigenvalue weighted by molar-refractivity contribution is 6.06. The first kappa shape index (κ1) is 18.4. The van der Waals surface area contributed by atoms with E-state index in [0.717, 1.165) is 12.1 Å². The Bertz CT molecular complexity index is 942. The van der Waals surface area contributed by atoms with E-state index in [0.29, 0.717) is 0 Å². The Morgan fingerprint density at radius 2 is 2.11 bits per heavy atom. The Balaban J connectivity index is 2.01. The van der Waals surface area contributed by atoms with Crippen LogP contribution in [0.4, 0.5) is 18.9 Å². The molecule has 0 spiro atoms. The number of nitrogens with zero attached hydrogens (tertiary/aromatic N) is 4. The van der Waals surface area contributed by atoms with Gasteiger partial charge >= 0.3 is 6.18 Å². The largest absolute Gasteiger partial charge is 0.477 e. The van der Waals surface area contributed by atoms with Crippen LogP contribution in [0.3, 0.4) is 0 Å². The summed E-state index contributed by atoms with van der Waals surface area (Å²) in [5.41, 5.74) is -0.651. The fourth-order valence-electron chi connectivity index (χ4n) is 2.35. The molecular weight excluding hydrogens is 363 g/mol.